The minimum absolute atomic E-state index is 0.100. The van der Waals surface area contributed by atoms with Crippen LogP contribution in [0.2, 0.25) is 0 Å². The average Bonchev–Trinajstić information content (AvgIpc) is 3.41. The topological polar surface area (TPSA) is 237 Å². The highest BCUT2D eigenvalue weighted by Crippen LogP contribution is 2.45. The molecule has 8 atom stereocenters. The van der Waals surface area contributed by atoms with Crippen molar-refractivity contribution in [2.24, 2.45) is 23.7 Å². The van der Waals surface area contributed by atoms with Crippen molar-refractivity contribution in [1.82, 2.24) is 0 Å². The molecule has 0 aromatic rings. The normalized spacial score (nSPS) is 15.6. The van der Waals surface area contributed by atoms with E-state index in [4.69, 9.17) is 37.0 Å². The first-order chi connectivity index (χ1) is 37.7. The number of carbonyl (C=O) groups excluding carboxylic acids is 4. The highest BCUT2D eigenvalue weighted by molar-refractivity contribution is 7.47. The van der Waals surface area contributed by atoms with Crippen LogP contribution in [0.3, 0.4) is 0 Å². The number of hydrogen-bond acceptors (Lipinski definition) is 15. The fourth-order valence-corrected chi connectivity index (χ4v) is 10.2. The predicted molar refractivity (Wildman–Crippen MR) is 312 cm³/mol. The van der Waals surface area contributed by atoms with Crippen molar-refractivity contribution in [3.05, 3.63) is 0 Å². The predicted octanol–water partition coefficient (Wildman–Crippen LogP) is 15.8. The van der Waals surface area contributed by atoms with E-state index in [2.05, 4.69) is 55.4 Å². The fraction of sp³-hybridized carbons (Fsp3) is 0.933. The van der Waals surface area contributed by atoms with E-state index in [0.717, 1.165) is 120 Å². The Balaban J connectivity index is 5.26. The zero-order chi connectivity index (χ0) is 59.0. The molecule has 0 saturated carbocycles. The van der Waals surface area contributed by atoms with Crippen molar-refractivity contribution in [1.29, 1.82) is 0 Å². The van der Waals surface area contributed by atoms with Gasteiger partial charge in [-0.15, -0.1) is 0 Å². The third-order valence-corrected chi connectivity index (χ3v) is 16.6. The van der Waals surface area contributed by atoms with E-state index in [-0.39, 0.29) is 25.7 Å². The molecule has 0 bridgehead atoms. The summed E-state index contributed by atoms with van der Waals surface area (Å²) in [7, 11) is -9.88. The highest BCUT2D eigenvalue weighted by atomic mass is 31.2. The van der Waals surface area contributed by atoms with Gasteiger partial charge in [0.05, 0.1) is 26.4 Å². The van der Waals surface area contributed by atoms with Crippen molar-refractivity contribution >= 4 is 39.5 Å². The molecule has 0 aromatic heterocycles. The molecule has 0 aliphatic carbocycles. The van der Waals surface area contributed by atoms with Crippen molar-refractivity contribution in [2.45, 2.75) is 298 Å². The van der Waals surface area contributed by atoms with E-state index in [0.29, 0.717) is 31.6 Å². The van der Waals surface area contributed by atoms with E-state index >= 15 is 0 Å². The van der Waals surface area contributed by atoms with Crippen LogP contribution in [0.5, 0.6) is 0 Å². The number of carbonyl (C=O) groups is 4. The number of rotatable bonds is 57. The third-order valence-electron chi connectivity index (χ3n) is 14.7. The zero-order valence-electron chi connectivity index (χ0n) is 51.0. The summed E-state index contributed by atoms with van der Waals surface area (Å²) < 4.78 is 67.8. The van der Waals surface area contributed by atoms with Gasteiger partial charge in [-0.1, -0.05) is 229 Å². The SMILES string of the molecule is CCC(C)CCCCCCCCC(=O)OC[C@H](COP(=O)(O)OC[C@@H](O)COP(=O)(O)OC[C@@H](COC(=O)CCCCCCCCC(C)CC)OC(=O)CCCCCCCCC(C)CC)OC(=O)CCCCCCCCC(C)C. The minimum atomic E-state index is -4.94. The second-order valence-electron chi connectivity index (χ2n) is 22.9. The number of phosphoric acid groups is 2. The molecule has 468 valence electrons. The maximum absolute atomic E-state index is 12.9. The Morgan fingerprint density at radius 2 is 0.608 bits per heavy atom. The number of hydrogen-bond donors (Lipinski definition) is 3. The molecule has 0 aliphatic rings. The zero-order valence-corrected chi connectivity index (χ0v) is 52.8. The smallest absolute Gasteiger partial charge is 0.462 e. The van der Waals surface area contributed by atoms with Gasteiger partial charge in [-0.25, -0.2) is 9.13 Å². The molecule has 19 heteroatoms. The highest BCUT2D eigenvalue weighted by Gasteiger charge is 2.30. The summed E-state index contributed by atoms with van der Waals surface area (Å²) in [5.74, 6) is 0.699. The van der Waals surface area contributed by atoms with Gasteiger partial charge in [0.2, 0.25) is 0 Å². The van der Waals surface area contributed by atoms with Crippen LogP contribution in [0.25, 0.3) is 0 Å². The van der Waals surface area contributed by atoms with Gasteiger partial charge in [0.25, 0.3) is 0 Å². The number of unbranched alkanes of at least 4 members (excludes halogenated alkanes) is 20. The lowest BCUT2D eigenvalue weighted by molar-refractivity contribution is -0.161. The maximum Gasteiger partial charge on any atom is 0.472 e. The molecule has 0 rings (SSSR count). The van der Waals surface area contributed by atoms with Crippen LogP contribution >= 0.6 is 15.6 Å². The van der Waals surface area contributed by atoms with E-state index < -0.39 is 97.5 Å². The molecular formula is C60H116O17P2. The fourth-order valence-electron chi connectivity index (χ4n) is 8.62. The van der Waals surface area contributed by atoms with Crippen LogP contribution < -0.4 is 0 Å². The molecule has 0 spiro atoms. The van der Waals surface area contributed by atoms with Crippen LogP contribution in [-0.4, -0.2) is 96.7 Å². The monoisotopic (exact) mass is 1170 g/mol. The van der Waals surface area contributed by atoms with Crippen LogP contribution in [-0.2, 0) is 65.4 Å². The molecule has 17 nitrogen and oxygen atoms in total. The molecule has 0 aliphatic heterocycles. The van der Waals surface area contributed by atoms with Gasteiger partial charge in [0.15, 0.2) is 12.2 Å². The Morgan fingerprint density at radius 3 is 0.899 bits per heavy atom. The first kappa shape index (κ1) is 77.1. The van der Waals surface area contributed by atoms with E-state index in [1.807, 2.05) is 0 Å². The molecule has 0 amide bonds. The Bertz CT molecular complexity index is 1600. The van der Waals surface area contributed by atoms with Crippen LogP contribution in [0.4, 0.5) is 0 Å². The molecule has 79 heavy (non-hydrogen) atoms. The number of phosphoric ester groups is 2. The summed E-state index contributed by atoms with van der Waals surface area (Å²) in [6, 6.07) is 0. The van der Waals surface area contributed by atoms with Crippen LogP contribution in [0, 0.1) is 23.7 Å². The Labute approximate surface area is 479 Å². The van der Waals surface area contributed by atoms with Gasteiger partial charge >= 0.3 is 39.5 Å². The van der Waals surface area contributed by atoms with E-state index in [1.165, 1.54) is 70.6 Å². The molecule has 0 heterocycles. The average molecular weight is 1170 g/mol. The van der Waals surface area contributed by atoms with Crippen LogP contribution in [0.15, 0.2) is 0 Å². The quantitative estimate of drug-likeness (QED) is 0.0222. The van der Waals surface area contributed by atoms with Crippen LogP contribution in [0.1, 0.15) is 280 Å². The van der Waals surface area contributed by atoms with Crippen molar-refractivity contribution in [2.75, 3.05) is 39.6 Å². The lowest BCUT2D eigenvalue weighted by Gasteiger charge is -2.21. The Kier molecular flexibility index (Phi) is 49.3. The molecule has 5 unspecified atom stereocenters. The standard InChI is InChI=1S/C60H116O17P2/c1-9-51(6)37-29-21-13-17-24-32-40-57(62)70-46-55(76-59(64)42-34-26-16-12-20-28-36-50(4)5)48-74-78(66,67)72-44-54(61)45-73-79(68,69)75-49-56(77-60(65)43-35-27-19-15-23-31-39-53(8)11-3)47-71-58(63)41-33-25-18-14-22-30-38-52(7)10-2/h50-56,61H,9-49H2,1-8H3,(H,66,67)(H,68,69)/t51?,52?,53?,54-,55-,56-/m1/s1. The summed E-state index contributed by atoms with van der Waals surface area (Å²) in [4.78, 5) is 72.0. The second kappa shape index (κ2) is 50.6. The molecule has 0 radical (unpaired) electrons. The van der Waals surface area contributed by atoms with Crippen molar-refractivity contribution in [3.63, 3.8) is 0 Å². The summed E-state index contributed by atoms with van der Waals surface area (Å²) in [6.45, 7) is 13.8. The molecule has 0 fully saturated rings. The number of aliphatic hydroxyl groups excluding tert-OH is 1. The number of ether oxygens (including phenoxy) is 4. The first-order valence-electron chi connectivity index (χ1n) is 31.3. The van der Waals surface area contributed by atoms with E-state index in [9.17, 15) is 43.2 Å². The van der Waals surface area contributed by atoms with Gasteiger partial charge < -0.3 is 33.8 Å². The lowest BCUT2D eigenvalue weighted by Crippen LogP contribution is -2.30. The largest absolute Gasteiger partial charge is 0.472 e. The molecule has 3 N–H and O–H groups in total. The number of esters is 4. The summed E-state index contributed by atoms with van der Waals surface area (Å²) in [6.07, 6.45) is 28.3. The van der Waals surface area contributed by atoms with Gasteiger partial charge in [-0.3, -0.25) is 37.3 Å². The van der Waals surface area contributed by atoms with Crippen molar-refractivity contribution in [3.8, 4) is 0 Å². The molecule has 0 aromatic carbocycles. The van der Waals surface area contributed by atoms with Gasteiger partial charge in [0.1, 0.15) is 19.3 Å². The molecular weight excluding hydrogens is 1050 g/mol. The molecule has 0 saturated heterocycles. The van der Waals surface area contributed by atoms with Gasteiger partial charge in [0, 0.05) is 25.7 Å². The number of aliphatic hydroxyl groups is 1. The van der Waals surface area contributed by atoms with Gasteiger partial charge in [-0.05, 0) is 49.4 Å². The first-order valence-corrected chi connectivity index (χ1v) is 34.3. The Hall–Kier alpha value is -1.94. The second-order valence-corrected chi connectivity index (χ2v) is 25.8. The summed E-state index contributed by atoms with van der Waals surface area (Å²) in [5.41, 5.74) is 0. The summed E-state index contributed by atoms with van der Waals surface area (Å²) in [5, 5.41) is 10.5. The third kappa shape index (κ3) is 51.4. The van der Waals surface area contributed by atoms with Gasteiger partial charge in [-0.2, -0.15) is 0 Å². The minimum Gasteiger partial charge on any atom is -0.462 e. The lowest BCUT2D eigenvalue weighted by atomic mass is 10.00. The maximum atomic E-state index is 12.9. The van der Waals surface area contributed by atoms with Crippen molar-refractivity contribution < 1.29 is 80.2 Å². The Morgan fingerprint density at radius 1 is 0.354 bits per heavy atom. The summed E-state index contributed by atoms with van der Waals surface area (Å²) >= 11 is 0. The van der Waals surface area contributed by atoms with E-state index in [1.54, 1.807) is 0 Å².